The Balaban J connectivity index is 1.88. The first-order valence-electron chi connectivity index (χ1n) is 7.81. The largest absolute Gasteiger partial charge is 0.465 e. The number of carbonyl (C=O) groups excluding carboxylic acids is 1. The molecule has 0 bridgehead atoms. The average Bonchev–Trinajstić information content (AvgIpc) is 2.95. The van der Waals surface area contributed by atoms with Crippen LogP contribution in [0.25, 0.3) is 0 Å². The van der Waals surface area contributed by atoms with Crippen molar-refractivity contribution in [1.82, 2.24) is 4.72 Å². The summed E-state index contributed by atoms with van der Waals surface area (Å²) in [4.78, 5) is 11.7. The predicted octanol–water partition coefficient (Wildman–Crippen LogP) is 3.40. The fourth-order valence-corrected chi connectivity index (χ4v) is 4.83. The highest BCUT2D eigenvalue weighted by Gasteiger charge is 2.28. The van der Waals surface area contributed by atoms with Gasteiger partial charge in [0.25, 0.3) is 0 Å². The highest BCUT2D eigenvalue weighted by molar-refractivity contribution is 7.89. The van der Waals surface area contributed by atoms with Gasteiger partial charge < -0.3 is 4.74 Å². The molecule has 7 heteroatoms. The van der Waals surface area contributed by atoms with Gasteiger partial charge in [-0.15, -0.1) is 0 Å². The molecule has 0 radical (unpaired) electrons. The second-order valence-corrected chi connectivity index (χ2v) is 8.15. The lowest BCUT2D eigenvalue weighted by Crippen LogP contribution is -2.28. The first kappa shape index (κ1) is 17.9. The highest BCUT2D eigenvalue weighted by atomic mass is 35.5. The van der Waals surface area contributed by atoms with Crippen molar-refractivity contribution in [1.29, 1.82) is 0 Å². The second kappa shape index (κ2) is 6.78. The summed E-state index contributed by atoms with van der Waals surface area (Å²) in [5, 5.41) is 0.650. The second-order valence-electron chi connectivity index (χ2n) is 6.03. The zero-order chi connectivity index (χ0) is 18.2. The van der Waals surface area contributed by atoms with Gasteiger partial charge in [-0.3, -0.25) is 0 Å². The van der Waals surface area contributed by atoms with Gasteiger partial charge in [0.1, 0.15) is 0 Å². The zero-order valence-electron chi connectivity index (χ0n) is 13.9. The van der Waals surface area contributed by atoms with E-state index in [4.69, 9.17) is 11.6 Å². The maximum Gasteiger partial charge on any atom is 0.337 e. The van der Waals surface area contributed by atoms with Crippen LogP contribution in [0.5, 0.6) is 0 Å². The van der Waals surface area contributed by atoms with Gasteiger partial charge in [-0.25, -0.2) is 17.9 Å². The van der Waals surface area contributed by atoms with Gasteiger partial charge in [-0.2, -0.15) is 0 Å². The molecule has 1 aliphatic carbocycles. The molecule has 0 spiro atoms. The minimum absolute atomic E-state index is 0.155. The quantitative estimate of drug-likeness (QED) is 0.826. The number of benzene rings is 2. The van der Waals surface area contributed by atoms with E-state index in [-0.39, 0.29) is 10.9 Å². The molecule has 0 amide bonds. The summed E-state index contributed by atoms with van der Waals surface area (Å²) in [6.07, 6.45) is 1.47. The molecule has 1 aliphatic rings. The van der Waals surface area contributed by atoms with Crippen molar-refractivity contribution in [3.05, 3.63) is 63.7 Å². The molecule has 0 saturated heterocycles. The summed E-state index contributed by atoms with van der Waals surface area (Å²) >= 11 is 6.00. The molecule has 2 aromatic carbocycles. The van der Waals surface area contributed by atoms with Crippen LogP contribution in [0.2, 0.25) is 5.02 Å². The van der Waals surface area contributed by atoms with Gasteiger partial charge in [-0.1, -0.05) is 17.7 Å². The molecule has 1 atom stereocenters. The summed E-state index contributed by atoms with van der Waals surface area (Å²) in [7, 11) is -2.43. The number of methoxy groups -OCH3 is 1. The fourth-order valence-electron chi connectivity index (χ4n) is 3.16. The fraction of sp³-hybridized carbons (Fsp3) is 0.278. The van der Waals surface area contributed by atoms with Gasteiger partial charge in [0.05, 0.1) is 17.6 Å². The number of esters is 1. The molecule has 25 heavy (non-hydrogen) atoms. The molecule has 1 unspecified atom stereocenters. The topological polar surface area (TPSA) is 72.5 Å². The molecule has 132 valence electrons. The Labute approximate surface area is 152 Å². The van der Waals surface area contributed by atoms with Crippen molar-refractivity contribution in [2.75, 3.05) is 7.11 Å². The number of fused-ring (bicyclic) bond motifs is 1. The van der Waals surface area contributed by atoms with Gasteiger partial charge in [-0.05, 0) is 66.8 Å². The monoisotopic (exact) mass is 379 g/mol. The molecule has 0 fully saturated rings. The maximum absolute atomic E-state index is 12.8. The predicted molar refractivity (Wildman–Crippen MR) is 95.4 cm³/mol. The summed E-state index contributed by atoms with van der Waals surface area (Å²) < 4.78 is 33.0. The molecule has 0 heterocycles. The van der Waals surface area contributed by atoms with Crippen LogP contribution in [0, 0.1) is 6.92 Å². The van der Waals surface area contributed by atoms with Crippen molar-refractivity contribution < 1.29 is 17.9 Å². The van der Waals surface area contributed by atoms with Crippen LogP contribution in [0.15, 0.2) is 41.3 Å². The number of nitrogens with one attached hydrogen (secondary N) is 1. The van der Waals surface area contributed by atoms with E-state index in [0.717, 1.165) is 17.5 Å². The van der Waals surface area contributed by atoms with E-state index in [0.29, 0.717) is 22.6 Å². The third-order valence-corrected chi connectivity index (χ3v) is 6.23. The van der Waals surface area contributed by atoms with E-state index in [2.05, 4.69) is 9.46 Å². The van der Waals surface area contributed by atoms with Crippen molar-refractivity contribution >= 4 is 27.6 Å². The third kappa shape index (κ3) is 3.56. The number of aryl methyl sites for hydroxylation is 2. The number of halogens is 1. The Morgan fingerprint density at radius 3 is 2.68 bits per heavy atom. The molecular formula is C18H18ClNO4S. The number of carbonyl (C=O) groups is 1. The Hall–Kier alpha value is -1.89. The van der Waals surface area contributed by atoms with E-state index < -0.39 is 16.0 Å². The smallest absolute Gasteiger partial charge is 0.337 e. The number of rotatable bonds is 4. The van der Waals surface area contributed by atoms with E-state index in [1.165, 1.54) is 25.3 Å². The standard InChI is InChI=1S/C18H18ClNO4S/c1-11-9-13(18(21)24-2)4-8-17(11)25(22,23)20-16-7-3-12-10-14(19)5-6-15(12)16/h4-6,8-10,16,20H,3,7H2,1-2H3. The molecule has 3 rings (SSSR count). The Bertz CT molecular complexity index is 940. The third-order valence-electron chi connectivity index (χ3n) is 4.37. The van der Waals surface area contributed by atoms with Crippen LogP contribution in [0.3, 0.4) is 0 Å². The van der Waals surface area contributed by atoms with Gasteiger partial charge >= 0.3 is 5.97 Å². The first-order valence-corrected chi connectivity index (χ1v) is 9.67. The summed E-state index contributed by atoms with van der Waals surface area (Å²) in [5.74, 6) is -0.499. The van der Waals surface area contributed by atoms with E-state index in [1.807, 2.05) is 12.1 Å². The van der Waals surface area contributed by atoms with Crippen LogP contribution >= 0.6 is 11.6 Å². The van der Waals surface area contributed by atoms with Crippen LogP contribution in [0.4, 0.5) is 0 Å². The van der Waals surface area contributed by atoms with Gasteiger partial charge in [0.15, 0.2) is 0 Å². The molecule has 2 aromatic rings. The average molecular weight is 380 g/mol. The lowest BCUT2D eigenvalue weighted by molar-refractivity contribution is 0.0600. The van der Waals surface area contributed by atoms with Gasteiger partial charge in [0, 0.05) is 11.1 Å². The maximum atomic E-state index is 12.8. The highest BCUT2D eigenvalue weighted by Crippen LogP contribution is 2.34. The van der Waals surface area contributed by atoms with Crippen LogP contribution < -0.4 is 4.72 Å². The number of hydrogen-bond donors (Lipinski definition) is 1. The molecule has 0 aromatic heterocycles. The SMILES string of the molecule is COC(=O)c1ccc(S(=O)(=O)NC2CCc3cc(Cl)ccc32)c(C)c1. The Morgan fingerprint density at radius 2 is 2.00 bits per heavy atom. The van der Waals surface area contributed by atoms with Crippen LogP contribution in [-0.4, -0.2) is 21.5 Å². The van der Waals surface area contributed by atoms with Gasteiger partial charge in [0.2, 0.25) is 10.0 Å². The van der Waals surface area contributed by atoms with Crippen molar-refractivity contribution in [3.63, 3.8) is 0 Å². The van der Waals surface area contributed by atoms with E-state index in [9.17, 15) is 13.2 Å². The van der Waals surface area contributed by atoms with Crippen molar-refractivity contribution in [3.8, 4) is 0 Å². The normalized spacial score (nSPS) is 16.5. The molecule has 5 nitrogen and oxygen atoms in total. The number of sulfonamides is 1. The summed E-state index contributed by atoms with van der Waals surface area (Å²) in [6, 6.07) is 9.63. The minimum atomic E-state index is -3.71. The first-order chi connectivity index (χ1) is 11.8. The van der Waals surface area contributed by atoms with Crippen LogP contribution in [-0.2, 0) is 21.2 Å². The minimum Gasteiger partial charge on any atom is -0.465 e. The number of hydrogen-bond acceptors (Lipinski definition) is 4. The van der Waals surface area contributed by atoms with Crippen molar-refractivity contribution in [2.45, 2.75) is 30.7 Å². The molecule has 0 saturated carbocycles. The molecule has 0 aliphatic heterocycles. The van der Waals surface area contributed by atoms with Crippen molar-refractivity contribution in [2.24, 2.45) is 0 Å². The molecular weight excluding hydrogens is 362 g/mol. The lowest BCUT2D eigenvalue weighted by atomic mass is 10.1. The zero-order valence-corrected chi connectivity index (χ0v) is 15.4. The van der Waals surface area contributed by atoms with E-state index >= 15 is 0 Å². The number of ether oxygens (including phenoxy) is 1. The summed E-state index contributed by atoms with van der Waals surface area (Å²) in [5.41, 5.74) is 2.83. The van der Waals surface area contributed by atoms with E-state index in [1.54, 1.807) is 13.0 Å². The van der Waals surface area contributed by atoms with Crippen LogP contribution in [0.1, 0.15) is 39.5 Å². The summed E-state index contributed by atoms with van der Waals surface area (Å²) in [6.45, 7) is 1.66. The Kier molecular flexibility index (Phi) is 4.86. The molecule has 1 N–H and O–H groups in total. The lowest BCUT2D eigenvalue weighted by Gasteiger charge is -2.16. The Morgan fingerprint density at radius 1 is 1.24 bits per heavy atom.